The summed E-state index contributed by atoms with van der Waals surface area (Å²) in [5, 5.41) is 4.36. The number of hydrogen-bond acceptors (Lipinski definition) is 5. The van der Waals surface area contributed by atoms with Gasteiger partial charge in [-0.25, -0.2) is 9.07 Å². The van der Waals surface area contributed by atoms with Crippen molar-refractivity contribution in [1.82, 2.24) is 19.2 Å². The summed E-state index contributed by atoms with van der Waals surface area (Å²) < 4.78 is 22.0. The van der Waals surface area contributed by atoms with Gasteiger partial charge in [0.1, 0.15) is 18.0 Å². The van der Waals surface area contributed by atoms with E-state index in [-0.39, 0.29) is 18.3 Å². The summed E-state index contributed by atoms with van der Waals surface area (Å²) >= 11 is 0. The molecule has 1 spiro atoms. The maximum atomic E-state index is 13.1. The number of hydrogen-bond donors (Lipinski definition) is 0. The van der Waals surface area contributed by atoms with Crippen molar-refractivity contribution in [3.8, 4) is 0 Å². The normalized spacial score (nSPS) is 22.1. The second kappa shape index (κ2) is 7.25. The summed E-state index contributed by atoms with van der Waals surface area (Å²) in [6.45, 7) is 7.10. The van der Waals surface area contributed by atoms with Crippen molar-refractivity contribution >= 4 is 0 Å². The van der Waals surface area contributed by atoms with Crippen molar-refractivity contribution in [3.05, 3.63) is 62.2 Å². The van der Waals surface area contributed by atoms with Crippen LogP contribution in [0.1, 0.15) is 31.7 Å². The molecule has 28 heavy (non-hydrogen) atoms. The lowest BCUT2D eigenvalue weighted by Crippen LogP contribution is -2.53. The van der Waals surface area contributed by atoms with E-state index in [2.05, 4.69) is 10.00 Å². The Balaban J connectivity index is 1.52. The average molecular weight is 388 g/mol. The van der Waals surface area contributed by atoms with E-state index in [4.69, 9.17) is 4.74 Å². The molecule has 1 saturated heterocycles. The van der Waals surface area contributed by atoms with Crippen LogP contribution in [-0.4, -0.2) is 37.9 Å². The molecule has 0 radical (unpaired) electrons. The summed E-state index contributed by atoms with van der Waals surface area (Å²) in [4.78, 5) is 27.3. The van der Waals surface area contributed by atoms with Crippen molar-refractivity contribution in [2.45, 2.75) is 52.1 Å². The molecule has 3 heterocycles. The lowest BCUT2D eigenvalue weighted by atomic mass is 10.0. The van der Waals surface area contributed by atoms with Crippen LogP contribution in [0, 0.1) is 11.7 Å². The molecule has 8 heteroatoms. The third kappa shape index (κ3) is 3.66. The molecule has 0 N–H and O–H groups in total. The number of benzene rings is 1. The molecular weight excluding hydrogens is 363 g/mol. The number of likely N-dealkylation sites (tertiary alicyclic amines) is 1. The SMILES string of the molecule is CC(C)Cn1nc2n(c(=O)c1=O)CC1(CCN(Cc3ccc(F)cc3)C1)OC2. The highest BCUT2D eigenvalue weighted by molar-refractivity contribution is 5.16. The summed E-state index contributed by atoms with van der Waals surface area (Å²) in [5.41, 5.74) is -0.555. The van der Waals surface area contributed by atoms with Gasteiger partial charge in [-0.1, -0.05) is 26.0 Å². The minimum absolute atomic E-state index is 0.220. The molecule has 2 aliphatic heterocycles. The van der Waals surface area contributed by atoms with Crippen LogP contribution in [-0.2, 0) is 31.0 Å². The first-order valence-corrected chi connectivity index (χ1v) is 9.67. The highest BCUT2D eigenvalue weighted by Gasteiger charge is 2.43. The summed E-state index contributed by atoms with van der Waals surface area (Å²) in [6.07, 6.45) is 0.773. The lowest BCUT2D eigenvalue weighted by molar-refractivity contribution is -0.0859. The van der Waals surface area contributed by atoms with Gasteiger partial charge in [0.05, 0.1) is 6.54 Å². The van der Waals surface area contributed by atoms with E-state index in [0.29, 0.717) is 32.0 Å². The molecule has 0 saturated carbocycles. The maximum absolute atomic E-state index is 13.1. The molecule has 150 valence electrons. The van der Waals surface area contributed by atoms with Crippen molar-refractivity contribution < 1.29 is 9.13 Å². The van der Waals surface area contributed by atoms with E-state index in [9.17, 15) is 14.0 Å². The third-order valence-electron chi connectivity index (χ3n) is 5.42. The summed E-state index contributed by atoms with van der Waals surface area (Å²) in [7, 11) is 0. The number of fused-ring (bicyclic) bond motifs is 1. The lowest BCUT2D eigenvalue weighted by Gasteiger charge is -2.35. The van der Waals surface area contributed by atoms with Crippen LogP contribution in [0.3, 0.4) is 0 Å². The first kappa shape index (κ1) is 19.0. The molecule has 0 amide bonds. The second-order valence-corrected chi connectivity index (χ2v) is 8.25. The Morgan fingerprint density at radius 2 is 1.93 bits per heavy atom. The second-order valence-electron chi connectivity index (χ2n) is 8.25. The van der Waals surface area contributed by atoms with Gasteiger partial charge in [0.15, 0.2) is 5.82 Å². The number of halogens is 1. The van der Waals surface area contributed by atoms with Crippen molar-refractivity contribution in [1.29, 1.82) is 0 Å². The zero-order valence-corrected chi connectivity index (χ0v) is 16.2. The van der Waals surface area contributed by atoms with E-state index in [0.717, 1.165) is 18.5 Å². The molecule has 1 aromatic carbocycles. The van der Waals surface area contributed by atoms with Crippen molar-refractivity contribution in [2.75, 3.05) is 13.1 Å². The van der Waals surface area contributed by atoms with Crippen LogP contribution in [0.15, 0.2) is 33.9 Å². The van der Waals surface area contributed by atoms with Gasteiger partial charge in [0, 0.05) is 26.2 Å². The summed E-state index contributed by atoms with van der Waals surface area (Å²) in [5.74, 6) is 0.482. The predicted octanol–water partition coefficient (Wildman–Crippen LogP) is 1.37. The fraction of sp³-hybridized carbons (Fsp3) is 0.550. The molecule has 1 fully saturated rings. The predicted molar refractivity (Wildman–Crippen MR) is 101 cm³/mol. The van der Waals surface area contributed by atoms with Gasteiger partial charge in [-0.05, 0) is 30.0 Å². The Bertz CT molecular complexity index is 982. The molecule has 7 nitrogen and oxygen atoms in total. The fourth-order valence-corrected chi connectivity index (χ4v) is 4.03. The van der Waals surface area contributed by atoms with Crippen LogP contribution in [0.5, 0.6) is 0 Å². The van der Waals surface area contributed by atoms with Crippen LogP contribution in [0.25, 0.3) is 0 Å². The molecule has 1 unspecified atom stereocenters. The molecule has 0 aliphatic carbocycles. The monoisotopic (exact) mass is 388 g/mol. The van der Waals surface area contributed by atoms with Crippen LogP contribution in [0.4, 0.5) is 4.39 Å². The minimum atomic E-state index is -0.573. The Kier molecular flexibility index (Phi) is 4.93. The molecule has 2 aliphatic rings. The number of nitrogens with zero attached hydrogens (tertiary/aromatic N) is 4. The molecule has 0 bridgehead atoms. The van der Waals surface area contributed by atoms with E-state index >= 15 is 0 Å². The van der Waals surface area contributed by atoms with Gasteiger partial charge in [-0.3, -0.25) is 19.1 Å². The van der Waals surface area contributed by atoms with Gasteiger partial charge in [0.2, 0.25) is 0 Å². The topological polar surface area (TPSA) is 69.4 Å². The summed E-state index contributed by atoms with van der Waals surface area (Å²) in [6, 6.07) is 6.48. The number of aromatic nitrogens is 3. The van der Waals surface area contributed by atoms with E-state index in [1.165, 1.54) is 21.4 Å². The van der Waals surface area contributed by atoms with Crippen LogP contribution in [0.2, 0.25) is 0 Å². The van der Waals surface area contributed by atoms with Gasteiger partial charge in [-0.2, -0.15) is 5.10 Å². The molecule has 1 aromatic heterocycles. The van der Waals surface area contributed by atoms with E-state index in [1.54, 1.807) is 12.1 Å². The van der Waals surface area contributed by atoms with Crippen LogP contribution >= 0.6 is 0 Å². The largest absolute Gasteiger partial charge is 0.364 e. The van der Waals surface area contributed by atoms with Crippen molar-refractivity contribution in [3.63, 3.8) is 0 Å². The zero-order chi connectivity index (χ0) is 19.9. The number of rotatable bonds is 4. The molecular formula is C20H25FN4O3. The number of ether oxygens (including phenoxy) is 1. The highest BCUT2D eigenvalue weighted by atomic mass is 19.1. The van der Waals surface area contributed by atoms with Gasteiger partial charge in [0.25, 0.3) is 0 Å². The zero-order valence-electron chi connectivity index (χ0n) is 16.2. The minimum Gasteiger partial charge on any atom is -0.364 e. The highest BCUT2D eigenvalue weighted by Crippen LogP contribution is 2.31. The van der Waals surface area contributed by atoms with E-state index < -0.39 is 16.7 Å². The third-order valence-corrected chi connectivity index (χ3v) is 5.42. The Morgan fingerprint density at radius 3 is 2.64 bits per heavy atom. The Morgan fingerprint density at radius 1 is 1.18 bits per heavy atom. The van der Waals surface area contributed by atoms with Crippen molar-refractivity contribution in [2.24, 2.45) is 5.92 Å². The quantitative estimate of drug-likeness (QED) is 0.740. The first-order valence-electron chi connectivity index (χ1n) is 9.67. The average Bonchev–Trinajstić information content (AvgIpc) is 3.04. The van der Waals surface area contributed by atoms with Gasteiger partial charge >= 0.3 is 11.1 Å². The van der Waals surface area contributed by atoms with Gasteiger partial charge < -0.3 is 4.74 Å². The van der Waals surface area contributed by atoms with Crippen LogP contribution < -0.4 is 11.1 Å². The Labute approximate surface area is 162 Å². The van der Waals surface area contributed by atoms with E-state index in [1.807, 2.05) is 13.8 Å². The maximum Gasteiger partial charge on any atom is 0.332 e. The molecule has 4 rings (SSSR count). The first-order chi connectivity index (χ1) is 13.3. The molecule has 2 aromatic rings. The Hall–Kier alpha value is -2.32. The standard InChI is InChI=1S/C20H25FN4O3/c1-14(2)9-25-19(27)18(26)24-13-20(28-11-17(24)22-25)7-8-23(12-20)10-15-3-5-16(21)6-4-15/h3-6,14H,7-13H2,1-2H3. The fourth-order valence-electron chi connectivity index (χ4n) is 4.03. The molecule has 1 atom stereocenters. The smallest absolute Gasteiger partial charge is 0.332 e. The van der Waals surface area contributed by atoms with Gasteiger partial charge in [-0.15, -0.1) is 0 Å².